The third-order valence-electron chi connectivity index (χ3n) is 9.64. The van der Waals surface area contributed by atoms with Gasteiger partial charge in [-0.1, -0.05) is 39.0 Å². The molecule has 1 aromatic carbocycles. The fraction of sp³-hybridized carbons (Fsp3) is 0.486. The average molecular weight is 703 g/mol. The topological polar surface area (TPSA) is 203 Å². The molecule has 14 nitrogen and oxygen atoms in total. The van der Waals surface area contributed by atoms with Gasteiger partial charge < -0.3 is 35.7 Å². The molecule has 2 aliphatic heterocycles. The molecule has 2 aliphatic rings. The molecule has 14 heteroatoms. The van der Waals surface area contributed by atoms with Crippen molar-refractivity contribution in [2.45, 2.75) is 104 Å². The average Bonchev–Trinajstić information content (AvgIpc) is 3.43. The number of nitrogens with two attached hydrogens (primary N) is 1. The minimum Gasteiger partial charge on any atom is -0.458 e. The molecule has 0 aliphatic carbocycles. The van der Waals surface area contributed by atoms with Gasteiger partial charge >= 0.3 is 5.97 Å². The van der Waals surface area contributed by atoms with Crippen LogP contribution in [0.1, 0.15) is 83.1 Å². The SMILES string of the molecule is CC[C@@]1(O)C(=O)OCc2c1cc1n(c2=O)Cc2c-1nc1ccccc1c2CCN(C(=O)[C@H](CC(C)C)NC(=O)[C@H](CC(N)=O)NC(C)=O)C(C)C. The van der Waals surface area contributed by atoms with Crippen molar-refractivity contribution in [1.82, 2.24) is 25.1 Å². The van der Waals surface area contributed by atoms with Gasteiger partial charge in [0, 0.05) is 36.0 Å². The van der Waals surface area contributed by atoms with E-state index in [1.807, 2.05) is 52.0 Å². The second-order valence-corrected chi connectivity index (χ2v) is 14.0. The third kappa shape index (κ3) is 7.23. The predicted molar refractivity (Wildman–Crippen MR) is 188 cm³/mol. The van der Waals surface area contributed by atoms with Crippen molar-refractivity contribution < 1.29 is 33.8 Å². The molecule has 0 saturated heterocycles. The van der Waals surface area contributed by atoms with Crippen LogP contribution in [0.4, 0.5) is 0 Å². The number of aromatic nitrogens is 2. The number of hydrogen-bond donors (Lipinski definition) is 4. The molecule has 3 aromatic rings. The van der Waals surface area contributed by atoms with Gasteiger partial charge in [0.25, 0.3) is 5.56 Å². The number of ether oxygens (including phenoxy) is 1. The van der Waals surface area contributed by atoms with Crippen molar-refractivity contribution in [1.29, 1.82) is 0 Å². The van der Waals surface area contributed by atoms with Crippen molar-refractivity contribution >= 4 is 40.5 Å². The Balaban J connectivity index is 1.50. The number of primary amides is 1. The molecule has 3 atom stereocenters. The number of benzene rings is 1. The lowest BCUT2D eigenvalue weighted by Gasteiger charge is -2.33. The van der Waals surface area contributed by atoms with Gasteiger partial charge in [-0.2, -0.15) is 0 Å². The quantitative estimate of drug-likeness (QED) is 0.150. The largest absolute Gasteiger partial charge is 0.458 e. The minimum atomic E-state index is -1.95. The molecular weight excluding hydrogens is 656 g/mol. The minimum absolute atomic E-state index is 0.0183. The lowest BCUT2D eigenvalue weighted by Crippen LogP contribution is -2.56. The highest BCUT2D eigenvalue weighted by Gasteiger charge is 2.45. The van der Waals surface area contributed by atoms with E-state index in [1.54, 1.807) is 22.5 Å². The first-order valence-corrected chi connectivity index (χ1v) is 17.3. The van der Waals surface area contributed by atoms with E-state index < -0.39 is 47.8 Å². The molecule has 0 fully saturated rings. The van der Waals surface area contributed by atoms with Crippen molar-refractivity contribution in [3.8, 4) is 11.4 Å². The number of esters is 1. The molecule has 0 unspecified atom stereocenters. The summed E-state index contributed by atoms with van der Waals surface area (Å²) in [6, 6.07) is 6.81. The number of pyridine rings is 2. The van der Waals surface area contributed by atoms with Gasteiger partial charge in [-0.15, -0.1) is 0 Å². The summed E-state index contributed by atoms with van der Waals surface area (Å²) in [6.45, 7) is 10.7. The Morgan fingerprint density at radius 1 is 1.08 bits per heavy atom. The molecule has 0 bridgehead atoms. The zero-order chi connectivity index (χ0) is 37.4. The number of carbonyl (C=O) groups is 5. The van der Waals surface area contributed by atoms with Crippen LogP contribution in [0.25, 0.3) is 22.3 Å². The Labute approximate surface area is 295 Å². The zero-order valence-electron chi connectivity index (χ0n) is 29.9. The monoisotopic (exact) mass is 702 g/mol. The van der Waals surface area contributed by atoms with Crippen LogP contribution in [0.3, 0.4) is 0 Å². The summed E-state index contributed by atoms with van der Waals surface area (Å²) in [5.41, 5.74) is 6.90. The Kier molecular flexibility index (Phi) is 10.7. The van der Waals surface area contributed by atoms with E-state index in [0.29, 0.717) is 29.7 Å². The molecule has 51 heavy (non-hydrogen) atoms. The predicted octanol–water partition coefficient (Wildman–Crippen LogP) is 1.77. The normalized spacial score (nSPS) is 17.3. The van der Waals surface area contributed by atoms with Crippen molar-refractivity contribution in [3.05, 3.63) is 62.9 Å². The Morgan fingerprint density at radius 3 is 2.41 bits per heavy atom. The molecule has 5 N–H and O–H groups in total. The van der Waals surface area contributed by atoms with E-state index in [-0.39, 0.29) is 60.7 Å². The van der Waals surface area contributed by atoms with Crippen LogP contribution in [0.5, 0.6) is 0 Å². The van der Waals surface area contributed by atoms with Crippen LogP contribution >= 0.6 is 0 Å². The van der Waals surface area contributed by atoms with Gasteiger partial charge in [-0.05, 0) is 56.7 Å². The van der Waals surface area contributed by atoms with E-state index in [1.165, 1.54) is 6.92 Å². The number of fused-ring (bicyclic) bond motifs is 5. The van der Waals surface area contributed by atoms with E-state index in [9.17, 15) is 33.9 Å². The van der Waals surface area contributed by atoms with Gasteiger partial charge in [0.05, 0.1) is 35.4 Å². The van der Waals surface area contributed by atoms with Crippen LogP contribution in [0.15, 0.2) is 35.1 Å². The van der Waals surface area contributed by atoms with E-state index in [2.05, 4.69) is 10.6 Å². The fourth-order valence-electron chi connectivity index (χ4n) is 7.07. The van der Waals surface area contributed by atoms with Crippen molar-refractivity contribution in [3.63, 3.8) is 0 Å². The third-order valence-corrected chi connectivity index (χ3v) is 9.64. The lowest BCUT2D eigenvalue weighted by molar-refractivity contribution is -0.172. The number of aliphatic hydroxyl groups is 1. The van der Waals surface area contributed by atoms with Crippen LogP contribution in [-0.4, -0.2) is 73.8 Å². The second-order valence-electron chi connectivity index (χ2n) is 14.0. The number of rotatable bonds is 13. The van der Waals surface area contributed by atoms with Crippen LogP contribution in [-0.2, 0) is 53.9 Å². The van der Waals surface area contributed by atoms with Gasteiger partial charge in [-0.25, -0.2) is 9.78 Å². The molecule has 0 radical (unpaired) electrons. The summed E-state index contributed by atoms with van der Waals surface area (Å²) in [6.07, 6.45) is 0.305. The molecule has 272 valence electrons. The fourth-order valence-corrected chi connectivity index (χ4v) is 7.07. The highest BCUT2D eigenvalue weighted by atomic mass is 16.6. The highest BCUT2D eigenvalue weighted by Crippen LogP contribution is 2.40. The first-order chi connectivity index (χ1) is 24.1. The molecule has 0 spiro atoms. The van der Waals surface area contributed by atoms with Gasteiger partial charge in [0.2, 0.25) is 23.6 Å². The first kappa shape index (κ1) is 37.2. The Hall–Kier alpha value is -5.11. The molecular formula is C37H46N6O8. The Bertz CT molecular complexity index is 1950. The molecule has 0 saturated carbocycles. The summed E-state index contributed by atoms with van der Waals surface area (Å²) in [7, 11) is 0. The maximum atomic E-state index is 14.2. The zero-order valence-corrected chi connectivity index (χ0v) is 29.9. The van der Waals surface area contributed by atoms with Crippen LogP contribution in [0.2, 0.25) is 0 Å². The van der Waals surface area contributed by atoms with E-state index in [0.717, 1.165) is 16.5 Å². The van der Waals surface area contributed by atoms with Crippen LogP contribution < -0.4 is 21.9 Å². The smallest absolute Gasteiger partial charge is 0.343 e. The summed E-state index contributed by atoms with van der Waals surface area (Å²) in [5, 5.41) is 17.4. The highest BCUT2D eigenvalue weighted by molar-refractivity contribution is 5.94. The van der Waals surface area contributed by atoms with Gasteiger partial charge in [0.1, 0.15) is 18.7 Å². The number of amides is 4. The Morgan fingerprint density at radius 2 is 1.78 bits per heavy atom. The molecule has 2 aromatic heterocycles. The number of para-hydroxylation sites is 1. The number of hydrogen-bond acceptors (Lipinski definition) is 9. The number of carbonyl (C=O) groups excluding carboxylic acids is 5. The number of nitrogens with zero attached hydrogens (tertiary/aromatic N) is 3. The van der Waals surface area contributed by atoms with Gasteiger partial charge in [0.15, 0.2) is 5.60 Å². The summed E-state index contributed by atoms with van der Waals surface area (Å²) < 4.78 is 6.81. The molecule has 5 rings (SSSR count). The second kappa shape index (κ2) is 14.6. The summed E-state index contributed by atoms with van der Waals surface area (Å²) in [4.78, 5) is 84.1. The van der Waals surface area contributed by atoms with Crippen molar-refractivity contribution in [2.24, 2.45) is 11.7 Å². The molecule has 4 heterocycles. The maximum Gasteiger partial charge on any atom is 0.343 e. The molecule has 4 amide bonds. The number of cyclic esters (lactones) is 1. The maximum absolute atomic E-state index is 14.2. The standard InChI is InChI=1S/C37H46N6O8/c1-7-37(50)26-15-30-32-24(17-43(30)34(47)25(26)18-51-36(37)49)22(23-10-8-9-11-27(23)40-32)12-13-42(20(4)5)35(48)29(14-19(2)3)41-33(46)28(16-31(38)45)39-21(6)44/h8-11,15,19-20,28-29,50H,7,12-14,16-18H2,1-6H3,(H2,38,45)(H,39,44)(H,41,46)/t28-,29-,37-/m0/s1. The van der Waals surface area contributed by atoms with Gasteiger partial charge in [-0.3, -0.25) is 24.0 Å². The van der Waals surface area contributed by atoms with Crippen molar-refractivity contribution in [2.75, 3.05) is 6.54 Å². The lowest BCUT2D eigenvalue weighted by atomic mass is 9.86. The van der Waals surface area contributed by atoms with Crippen LogP contribution in [0, 0.1) is 5.92 Å². The number of nitrogens with one attached hydrogen (secondary N) is 2. The first-order valence-electron chi connectivity index (χ1n) is 17.3. The van der Waals surface area contributed by atoms with E-state index in [4.69, 9.17) is 15.5 Å². The van der Waals surface area contributed by atoms with E-state index >= 15 is 0 Å². The summed E-state index contributed by atoms with van der Waals surface area (Å²) >= 11 is 0. The summed E-state index contributed by atoms with van der Waals surface area (Å²) in [5.74, 6) is -3.07.